The molecule has 0 unspecified atom stereocenters. The van der Waals surface area contributed by atoms with Crippen LogP contribution in [0.1, 0.15) is 13.8 Å². The summed E-state index contributed by atoms with van der Waals surface area (Å²) in [5.41, 5.74) is -3.83. The van der Waals surface area contributed by atoms with Crippen molar-refractivity contribution in [1.29, 1.82) is 0 Å². The first-order valence-electron chi connectivity index (χ1n) is 8.30. The molecular formula is C17H19F6N3O4. The van der Waals surface area contributed by atoms with Crippen LogP contribution in [0.3, 0.4) is 0 Å². The number of amides is 3. The van der Waals surface area contributed by atoms with E-state index in [1.165, 1.54) is 19.2 Å². The highest BCUT2D eigenvalue weighted by atomic mass is 19.4. The van der Waals surface area contributed by atoms with Gasteiger partial charge in [-0.3, -0.25) is 14.4 Å². The maximum Gasteiger partial charge on any atom is 0.471 e. The molecule has 1 heterocycles. The molecule has 7 nitrogen and oxygen atoms in total. The van der Waals surface area contributed by atoms with E-state index in [2.05, 4.69) is 6.58 Å². The number of rotatable bonds is 6. The third kappa shape index (κ3) is 5.76. The number of allylic oxidation sites excluding steroid dienone is 2. The minimum Gasteiger partial charge on any atom is -0.476 e. The van der Waals surface area contributed by atoms with Crippen LogP contribution < -0.4 is 10.6 Å². The van der Waals surface area contributed by atoms with Crippen molar-refractivity contribution in [1.82, 2.24) is 15.5 Å². The zero-order valence-corrected chi connectivity index (χ0v) is 16.1. The molecule has 0 atom stereocenters. The van der Waals surface area contributed by atoms with E-state index in [9.17, 15) is 40.7 Å². The molecule has 0 fully saturated rings. The number of alkyl halides is 6. The molecule has 0 radical (unpaired) electrons. The van der Waals surface area contributed by atoms with Gasteiger partial charge >= 0.3 is 18.3 Å². The number of carbonyl (C=O) groups is 3. The second-order valence-electron chi connectivity index (χ2n) is 6.41. The second-order valence-corrected chi connectivity index (χ2v) is 6.41. The fourth-order valence-corrected chi connectivity index (χ4v) is 2.38. The van der Waals surface area contributed by atoms with Crippen LogP contribution in [-0.2, 0) is 19.1 Å². The minimum absolute atomic E-state index is 0.313. The van der Waals surface area contributed by atoms with Crippen LogP contribution in [0.25, 0.3) is 0 Å². The van der Waals surface area contributed by atoms with Crippen molar-refractivity contribution < 1.29 is 45.5 Å². The van der Waals surface area contributed by atoms with Gasteiger partial charge in [-0.1, -0.05) is 6.58 Å². The average molecular weight is 443 g/mol. The highest BCUT2D eigenvalue weighted by Gasteiger charge is 2.44. The molecule has 0 bridgehead atoms. The van der Waals surface area contributed by atoms with Gasteiger partial charge in [0.05, 0.1) is 5.70 Å². The molecule has 1 aliphatic rings. The smallest absolute Gasteiger partial charge is 0.471 e. The number of halogens is 6. The quantitative estimate of drug-likeness (QED) is 0.485. The molecule has 0 saturated carbocycles. The van der Waals surface area contributed by atoms with Crippen molar-refractivity contribution in [3.05, 3.63) is 35.8 Å². The summed E-state index contributed by atoms with van der Waals surface area (Å²) in [7, 11) is 0.959. The summed E-state index contributed by atoms with van der Waals surface area (Å²) in [6.07, 6.45) is -8.99. The molecule has 3 amide bonds. The highest BCUT2D eigenvalue weighted by Crippen LogP contribution is 2.34. The Morgan fingerprint density at radius 1 is 1.17 bits per heavy atom. The molecule has 0 spiro atoms. The SMILES string of the molecule is C=CC1=C(/C=C(/C(=O)NC)C(F)(F)F)N(CCNC(=O)C(F)(F)F)C(=O)C(C)(C)O1. The Balaban J connectivity index is 3.43. The minimum atomic E-state index is -5.18. The Labute approximate surface area is 167 Å². The van der Waals surface area contributed by atoms with Crippen LogP contribution in [-0.4, -0.2) is 60.7 Å². The molecular weight excluding hydrogens is 424 g/mol. The monoisotopic (exact) mass is 443 g/mol. The van der Waals surface area contributed by atoms with Gasteiger partial charge in [0.15, 0.2) is 5.60 Å². The van der Waals surface area contributed by atoms with Crippen molar-refractivity contribution in [3.8, 4) is 0 Å². The Kier molecular flexibility index (Phi) is 7.34. The van der Waals surface area contributed by atoms with Gasteiger partial charge in [-0.25, -0.2) is 0 Å². The largest absolute Gasteiger partial charge is 0.476 e. The zero-order chi connectivity index (χ0) is 23.5. The summed E-state index contributed by atoms with van der Waals surface area (Å²) in [4.78, 5) is 36.0. The van der Waals surface area contributed by atoms with Gasteiger partial charge in [-0.15, -0.1) is 0 Å². The first kappa shape index (κ1) is 25.0. The van der Waals surface area contributed by atoms with E-state index in [4.69, 9.17) is 4.74 Å². The van der Waals surface area contributed by atoms with Crippen LogP contribution in [0.15, 0.2) is 35.8 Å². The van der Waals surface area contributed by atoms with Crippen LogP contribution in [0.4, 0.5) is 26.3 Å². The van der Waals surface area contributed by atoms with E-state index >= 15 is 0 Å². The molecule has 168 valence electrons. The van der Waals surface area contributed by atoms with E-state index in [-0.39, 0.29) is 5.76 Å². The number of carbonyl (C=O) groups excluding carboxylic acids is 3. The van der Waals surface area contributed by atoms with E-state index in [1.54, 1.807) is 0 Å². The van der Waals surface area contributed by atoms with Crippen molar-refractivity contribution in [3.63, 3.8) is 0 Å². The van der Waals surface area contributed by atoms with Crippen LogP contribution in [0.2, 0.25) is 0 Å². The summed E-state index contributed by atoms with van der Waals surface area (Å²) >= 11 is 0. The maximum absolute atomic E-state index is 13.3. The molecule has 1 aliphatic heterocycles. The van der Waals surface area contributed by atoms with Gasteiger partial charge in [0.2, 0.25) is 0 Å². The van der Waals surface area contributed by atoms with Crippen LogP contribution >= 0.6 is 0 Å². The molecule has 30 heavy (non-hydrogen) atoms. The average Bonchev–Trinajstić information content (AvgIpc) is 2.61. The predicted molar refractivity (Wildman–Crippen MR) is 91.4 cm³/mol. The van der Waals surface area contributed by atoms with Crippen molar-refractivity contribution in [2.45, 2.75) is 31.8 Å². The Morgan fingerprint density at radius 3 is 2.17 bits per heavy atom. The lowest BCUT2D eigenvalue weighted by Gasteiger charge is -2.39. The molecule has 0 aromatic rings. The lowest BCUT2D eigenvalue weighted by Crippen LogP contribution is -2.52. The third-order valence-corrected chi connectivity index (χ3v) is 3.79. The number of likely N-dealkylation sites (N-methyl/N-ethyl adjacent to an activating group) is 1. The van der Waals surface area contributed by atoms with Crippen LogP contribution in [0.5, 0.6) is 0 Å². The van der Waals surface area contributed by atoms with E-state index < -0.39 is 60.0 Å². The standard InChI is InChI=1S/C17H19F6N3O4/c1-5-11-10(8-9(12(27)24-4)16(18,19)20)26(14(29)15(2,3)30-11)7-6-25-13(28)17(21,22)23/h5,8H,1,6-7H2,2-4H3,(H,24,27)(H,25,28)/b9-8-. The van der Waals surface area contributed by atoms with E-state index in [0.29, 0.717) is 11.0 Å². The number of hydrogen-bond acceptors (Lipinski definition) is 4. The summed E-state index contributed by atoms with van der Waals surface area (Å²) in [6.45, 7) is 4.59. The lowest BCUT2D eigenvalue weighted by atomic mass is 10.0. The van der Waals surface area contributed by atoms with Crippen molar-refractivity contribution >= 4 is 17.7 Å². The summed E-state index contributed by atoms with van der Waals surface area (Å²) in [5, 5.41) is 3.33. The summed E-state index contributed by atoms with van der Waals surface area (Å²) in [5.74, 6) is -5.01. The molecule has 1 rings (SSSR count). The maximum atomic E-state index is 13.3. The molecule has 0 aromatic heterocycles. The van der Waals surface area contributed by atoms with E-state index in [1.807, 2.05) is 5.32 Å². The Bertz CT molecular complexity index is 796. The van der Waals surface area contributed by atoms with E-state index in [0.717, 1.165) is 13.1 Å². The predicted octanol–water partition coefficient (Wildman–Crippen LogP) is 1.93. The molecule has 0 saturated heterocycles. The highest BCUT2D eigenvalue weighted by molar-refractivity contribution is 5.95. The molecule has 13 heteroatoms. The normalized spacial score (nSPS) is 17.4. The van der Waals surface area contributed by atoms with Gasteiger partial charge in [-0.05, 0) is 26.0 Å². The molecule has 0 aliphatic carbocycles. The first-order valence-corrected chi connectivity index (χ1v) is 8.30. The molecule has 2 N–H and O–H groups in total. The number of ether oxygens (including phenoxy) is 1. The number of nitrogens with zero attached hydrogens (tertiary/aromatic N) is 1. The van der Waals surface area contributed by atoms with Crippen molar-refractivity contribution in [2.75, 3.05) is 20.1 Å². The van der Waals surface area contributed by atoms with Gasteiger partial charge in [0, 0.05) is 20.1 Å². The van der Waals surface area contributed by atoms with Gasteiger partial charge < -0.3 is 20.3 Å². The molecule has 0 aromatic carbocycles. The van der Waals surface area contributed by atoms with Crippen molar-refractivity contribution in [2.24, 2.45) is 0 Å². The zero-order valence-electron chi connectivity index (χ0n) is 16.1. The summed E-state index contributed by atoms with van der Waals surface area (Å²) in [6, 6.07) is 0. The topological polar surface area (TPSA) is 87.7 Å². The third-order valence-electron chi connectivity index (χ3n) is 3.79. The fourth-order valence-electron chi connectivity index (χ4n) is 2.38. The number of nitrogens with one attached hydrogen (secondary N) is 2. The van der Waals surface area contributed by atoms with Crippen LogP contribution in [0, 0.1) is 0 Å². The van der Waals surface area contributed by atoms with Gasteiger partial charge in [0.25, 0.3) is 11.8 Å². The number of hydrogen-bond donors (Lipinski definition) is 2. The Hall–Kier alpha value is -2.99. The lowest BCUT2D eigenvalue weighted by molar-refractivity contribution is -0.173. The van der Waals surface area contributed by atoms with Gasteiger partial charge in [0.1, 0.15) is 11.3 Å². The Morgan fingerprint density at radius 2 is 1.73 bits per heavy atom. The second kappa shape index (κ2) is 8.79. The summed E-state index contributed by atoms with van der Waals surface area (Å²) < 4.78 is 82.2. The first-order chi connectivity index (χ1) is 13.6. The van der Waals surface area contributed by atoms with Gasteiger partial charge in [-0.2, -0.15) is 26.3 Å². The fraction of sp³-hybridized carbons (Fsp3) is 0.471.